The highest BCUT2D eigenvalue weighted by Gasteiger charge is 2.24. The summed E-state index contributed by atoms with van der Waals surface area (Å²) in [7, 11) is 0. The third kappa shape index (κ3) is 3.83. The maximum Gasteiger partial charge on any atom is 0.319 e. The number of nitrogens with zero attached hydrogens (tertiary/aromatic N) is 2. The molecule has 0 bridgehead atoms. The lowest BCUT2D eigenvalue weighted by Crippen LogP contribution is -2.30. The molecule has 4 rings (SSSR count). The summed E-state index contributed by atoms with van der Waals surface area (Å²) in [4.78, 5) is 30.2. The van der Waals surface area contributed by atoms with Gasteiger partial charge in [-0.2, -0.15) is 0 Å². The van der Waals surface area contributed by atoms with Crippen molar-refractivity contribution in [3.05, 3.63) is 63.7 Å². The number of benzene rings is 2. The number of hydrogen-bond donors (Lipinski definition) is 3. The first-order valence-electron chi connectivity index (χ1n) is 9.68. The first-order valence-corrected chi connectivity index (χ1v) is 10.1. The van der Waals surface area contributed by atoms with Crippen molar-refractivity contribution in [2.75, 3.05) is 18.4 Å². The van der Waals surface area contributed by atoms with Gasteiger partial charge < -0.3 is 16.0 Å². The van der Waals surface area contributed by atoms with Crippen LogP contribution in [0.15, 0.2) is 47.3 Å². The average Bonchev–Trinajstić information content (AvgIpc) is 3.23. The van der Waals surface area contributed by atoms with E-state index in [1.807, 2.05) is 13.0 Å². The number of fused-ring (bicyclic) bond motifs is 1. The van der Waals surface area contributed by atoms with Crippen LogP contribution in [0.3, 0.4) is 0 Å². The number of carbonyl (C=O) groups excluding carboxylic acids is 1. The largest absolute Gasteiger partial charge is 0.338 e. The van der Waals surface area contributed by atoms with Crippen LogP contribution in [0.1, 0.15) is 31.6 Å². The molecule has 0 radical (unpaired) electrons. The Morgan fingerprint density at radius 2 is 2.14 bits per heavy atom. The number of rotatable bonds is 4. The summed E-state index contributed by atoms with van der Waals surface area (Å²) in [5.74, 6) is 0.650. The summed E-state index contributed by atoms with van der Waals surface area (Å²) in [5.41, 5.74) is 1.57. The Hall–Kier alpha value is -2.90. The third-order valence-corrected chi connectivity index (χ3v) is 5.26. The highest BCUT2D eigenvalue weighted by atomic mass is 35.5. The molecule has 8 heteroatoms. The molecular weight excluding hydrogens is 390 g/mol. The number of aromatic nitrogens is 2. The van der Waals surface area contributed by atoms with Gasteiger partial charge in [0.25, 0.3) is 5.56 Å². The van der Waals surface area contributed by atoms with Crippen molar-refractivity contribution in [3.8, 4) is 5.69 Å². The van der Waals surface area contributed by atoms with E-state index < -0.39 is 0 Å². The van der Waals surface area contributed by atoms with Crippen LogP contribution in [0.2, 0.25) is 5.02 Å². The molecule has 1 unspecified atom stereocenters. The van der Waals surface area contributed by atoms with Crippen molar-refractivity contribution in [1.82, 2.24) is 20.2 Å². The zero-order valence-corrected chi connectivity index (χ0v) is 16.8. The van der Waals surface area contributed by atoms with Gasteiger partial charge in [-0.15, -0.1) is 0 Å². The molecule has 3 aromatic rings. The van der Waals surface area contributed by atoms with Gasteiger partial charge in [-0.1, -0.05) is 23.7 Å². The van der Waals surface area contributed by atoms with Gasteiger partial charge in [-0.05, 0) is 56.6 Å². The second-order valence-electron chi connectivity index (χ2n) is 6.93. The van der Waals surface area contributed by atoms with Crippen LogP contribution in [0.25, 0.3) is 16.6 Å². The van der Waals surface area contributed by atoms with Crippen molar-refractivity contribution < 1.29 is 4.79 Å². The number of hydrogen-bond acceptors (Lipinski definition) is 4. The summed E-state index contributed by atoms with van der Waals surface area (Å²) in [6, 6.07) is 12.1. The summed E-state index contributed by atoms with van der Waals surface area (Å²) in [6.07, 6.45) is 1.92. The van der Waals surface area contributed by atoms with E-state index in [9.17, 15) is 9.59 Å². The van der Waals surface area contributed by atoms with E-state index in [0.29, 0.717) is 39.7 Å². The molecule has 2 amide bonds. The molecule has 2 heterocycles. The minimum atomic E-state index is -0.297. The molecule has 1 fully saturated rings. The summed E-state index contributed by atoms with van der Waals surface area (Å²) in [5, 5.41) is 9.65. The fraction of sp³-hybridized carbons (Fsp3) is 0.286. The maximum absolute atomic E-state index is 13.5. The highest BCUT2D eigenvalue weighted by Crippen LogP contribution is 2.27. The molecule has 0 spiro atoms. The Morgan fingerprint density at radius 1 is 1.31 bits per heavy atom. The summed E-state index contributed by atoms with van der Waals surface area (Å²) < 4.78 is 1.60. The van der Waals surface area contributed by atoms with Crippen LogP contribution in [-0.4, -0.2) is 28.7 Å². The molecular formula is C21H22ClN5O2. The smallest absolute Gasteiger partial charge is 0.319 e. The van der Waals surface area contributed by atoms with E-state index in [0.717, 1.165) is 19.4 Å². The van der Waals surface area contributed by atoms with Crippen molar-refractivity contribution in [2.24, 2.45) is 0 Å². The molecule has 150 valence electrons. The molecule has 1 atom stereocenters. The number of anilines is 1. The van der Waals surface area contributed by atoms with Gasteiger partial charge in [-0.3, -0.25) is 9.36 Å². The Morgan fingerprint density at radius 3 is 2.90 bits per heavy atom. The van der Waals surface area contributed by atoms with Crippen LogP contribution in [-0.2, 0) is 0 Å². The normalized spacial score (nSPS) is 16.1. The van der Waals surface area contributed by atoms with E-state index in [4.69, 9.17) is 16.6 Å². The lowest BCUT2D eigenvalue weighted by Gasteiger charge is -2.19. The van der Waals surface area contributed by atoms with Gasteiger partial charge in [-0.25, -0.2) is 9.78 Å². The predicted octanol–water partition coefficient (Wildman–Crippen LogP) is 3.61. The van der Waals surface area contributed by atoms with E-state index >= 15 is 0 Å². The number of halogens is 1. The van der Waals surface area contributed by atoms with Crippen LogP contribution < -0.4 is 21.5 Å². The molecule has 1 aliphatic heterocycles. The molecule has 7 nitrogen and oxygen atoms in total. The molecule has 1 aliphatic rings. The van der Waals surface area contributed by atoms with Crippen molar-refractivity contribution >= 4 is 34.2 Å². The van der Waals surface area contributed by atoms with Crippen LogP contribution >= 0.6 is 11.6 Å². The Kier molecular flexibility index (Phi) is 5.51. The van der Waals surface area contributed by atoms with Crippen LogP contribution in [0.4, 0.5) is 10.5 Å². The van der Waals surface area contributed by atoms with Gasteiger partial charge >= 0.3 is 6.03 Å². The lowest BCUT2D eigenvalue weighted by molar-refractivity contribution is 0.252. The topological polar surface area (TPSA) is 88.1 Å². The fourth-order valence-corrected chi connectivity index (χ4v) is 3.90. The minimum absolute atomic E-state index is 0.0221. The maximum atomic E-state index is 13.5. The van der Waals surface area contributed by atoms with Crippen LogP contribution in [0, 0.1) is 0 Å². The van der Waals surface area contributed by atoms with Gasteiger partial charge in [0.1, 0.15) is 5.82 Å². The molecule has 3 N–H and O–H groups in total. The molecule has 2 aromatic carbocycles. The lowest BCUT2D eigenvalue weighted by atomic mass is 10.1. The van der Waals surface area contributed by atoms with E-state index in [1.165, 1.54) is 0 Å². The minimum Gasteiger partial charge on any atom is -0.338 e. The monoisotopic (exact) mass is 411 g/mol. The Balaban J connectivity index is 1.89. The highest BCUT2D eigenvalue weighted by molar-refractivity contribution is 6.35. The van der Waals surface area contributed by atoms with Gasteiger partial charge in [0.15, 0.2) is 0 Å². The molecule has 0 aliphatic carbocycles. The average molecular weight is 412 g/mol. The second kappa shape index (κ2) is 8.23. The van der Waals surface area contributed by atoms with E-state index in [2.05, 4.69) is 16.0 Å². The zero-order chi connectivity index (χ0) is 20.4. The zero-order valence-electron chi connectivity index (χ0n) is 16.0. The quantitative estimate of drug-likeness (QED) is 0.612. The van der Waals surface area contributed by atoms with Crippen molar-refractivity contribution in [1.29, 1.82) is 0 Å². The predicted molar refractivity (Wildman–Crippen MR) is 115 cm³/mol. The SMILES string of the molecule is CCNC(=O)Nc1cccc(-n2c(C3CCCN3)nc3cccc(Cl)c3c2=O)c1. The van der Waals surface area contributed by atoms with Gasteiger partial charge in [0, 0.05) is 12.2 Å². The van der Waals surface area contributed by atoms with Crippen LogP contribution in [0.5, 0.6) is 0 Å². The number of nitrogens with one attached hydrogen (secondary N) is 3. The first kappa shape index (κ1) is 19.4. The number of urea groups is 1. The third-order valence-electron chi connectivity index (χ3n) is 4.94. The molecule has 1 saturated heterocycles. The summed E-state index contributed by atoms with van der Waals surface area (Å²) >= 11 is 6.33. The van der Waals surface area contributed by atoms with Gasteiger partial charge in [0.2, 0.25) is 0 Å². The molecule has 1 aromatic heterocycles. The molecule has 29 heavy (non-hydrogen) atoms. The van der Waals surface area contributed by atoms with Crippen molar-refractivity contribution in [3.63, 3.8) is 0 Å². The number of amides is 2. The first-order chi connectivity index (χ1) is 14.1. The van der Waals surface area contributed by atoms with E-state index in [-0.39, 0.29) is 17.6 Å². The Labute approximate surface area is 173 Å². The fourth-order valence-electron chi connectivity index (χ4n) is 3.65. The molecule has 0 saturated carbocycles. The van der Waals surface area contributed by atoms with Crippen molar-refractivity contribution in [2.45, 2.75) is 25.8 Å². The van der Waals surface area contributed by atoms with E-state index in [1.54, 1.807) is 41.0 Å². The number of carbonyl (C=O) groups is 1. The summed E-state index contributed by atoms with van der Waals surface area (Å²) in [6.45, 7) is 3.25. The standard InChI is InChI=1S/C21H22ClN5O2/c1-2-23-21(29)25-13-6-3-7-14(12-13)27-19(17-10-5-11-24-17)26-16-9-4-8-15(22)18(16)20(27)28/h3-4,6-9,12,17,24H,2,5,10-11H2,1H3,(H2,23,25,29). The second-order valence-corrected chi connectivity index (χ2v) is 7.34. The Bertz CT molecular complexity index is 1120. The van der Waals surface area contributed by atoms with Gasteiger partial charge in [0.05, 0.1) is 27.7 Å².